The molecule has 2 rings (SSSR count). The lowest BCUT2D eigenvalue weighted by atomic mass is 10.1. The van der Waals surface area contributed by atoms with E-state index in [1.165, 1.54) is 5.56 Å². The number of ether oxygens (including phenoxy) is 1. The Morgan fingerprint density at radius 2 is 1.78 bits per heavy atom. The van der Waals surface area contributed by atoms with Gasteiger partial charge in [0, 0.05) is 17.6 Å². The molecular formula is C15H16BrNO. The number of alkyl halides is 1. The first-order chi connectivity index (χ1) is 8.81. The van der Waals surface area contributed by atoms with Crippen molar-refractivity contribution >= 4 is 15.9 Å². The molecule has 0 radical (unpaired) electrons. The first-order valence-corrected chi connectivity index (χ1v) is 7.21. The Kier molecular flexibility index (Phi) is 4.76. The lowest BCUT2D eigenvalue weighted by molar-refractivity contribution is 0.462. The Labute approximate surface area is 116 Å². The van der Waals surface area contributed by atoms with Crippen LogP contribution >= 0.6 is 15.9 Å². The van der Waals surface area contributed by atoms with Crippen LogP contribution in [0.2, 0.25) is 0 Å². The monoisotopic (exact) mass is 305 g/mol. The molecule has 0 spiro atoms. The van der Waals surface area contributed by atoms with E-state index in [0.717, 1.165) is 29.5 Å². The fourth-order valence-electron chi connectivity index (χ4n) is 1.68. The standard InChI is InChI=1S/C15H16BrNO/c1-2-3-12-4-7-14(8-5-12)18-15-9-6-13(10-16)11-17-15/h4-9,11H,2-3,10H2,1H3. The van der Waals surface area contributed by atoms with Gasteiger partial charge in [-0.05, 0) is 29.7 Å². The number of aromatic nitrogens is 1. The molecule has 0 atom stereocenters. The van der Waals surface area contributed by atoms with Crippen LogP contribution < -0.4 is 4.74 Å². The zero-order valence-corrected chi connectivity index (χ0v) is 12.0. The number of rotatable bonds is 5. The Bertz CT molecular complexity index is 479. The second kappa shape index (κ2) is 6.55. The third-order valence-corrected chi connectivity index (χ3v) is 3.28. The molecule has 0 unspecified atom stereocenters. The molecule has 0 saturated carbocycles. The van der Waals surface area contributed by atoms with Crippen LogP contribution in [0.25, 0.3) is 0 Å². The van der Waals surface area contributed by atoms with Crippen molar-refractivity contribution in [1.82, 2.24) is 4.98 Å². The van der Waals surface area contributed by atoms with Gasteiger partial charge in [0.25, 0.3) is 0 Å². The molecule has 3 heteroatoms. The topological polar surface area (TPSA) is 22.1 Å². The van der Waals surface area contributed by atoms with Gasteiger partial charge in [0.1, 0.15) is 5.75 Å². The van der Waals surface area contributed by atoms with Gasteiger partial charge in [-0.25, -0.2) is 4.98 Å². The van der Waals surface area contributed by atoms with E-state index < -0.39 is 0 Å². The van der Waals surface area contributed by atoms with Crippen molar-refractivity contribution in [2.24, 2.45) is 0 Å². The third-order valence-electron chi connectivity index (χ3n) is 2.64. The van der Waals surface area contributed by atoms with Crippen molar-refractivity contribution in [2.75, 3.05) is 0 Å². The molecule has 0 amide bonds. The molecule has 1 aromatic heterocycles. The summed E-state index contributed by atoms with van der Waals surface area (Å²) in [5.74, 6) is 1.46. The highest BCUT2D eigenvalue weighted by atomic mass is 79.9. The number of aryl methyl sites for hydroxylation is 1. The summed E-state index contributed by atoms with van der Waals surface area (Å²) in [6, 6.07) is 12.1. The van der Waals surface area contributed by atoms with Crippen LogP contribution in [0.1, 0.15) is 24.5 Å². The highest BCUT2D eigenvalue weighted by molar-refractivity contribution is 9.08. The number of halogens is 1. The van der Waals surface area contributed by atoms with E-state index in [9.17, 15) is 0 Å². The molecule has 0 fully saturated rings. The molecule has 1 heterocycles. The van der Waals surface area contributed by atoms with E-state index in [2.05, 4.69) is 40.0 Å². The normalized spacial score (nSPS) is 10.3. The third kappa shape index (κ3) is 3.57. The number of hydrogen-bond donors (Lipinski definition) is 0. The van der Waals surface area contributed by atoms with E-state index in [1.807, 2.05) is 30.5 Å². The number of hydrogen-bond acceptors (Lipinski definition) is 2. The fraction of sp³-hybridized carbons (Fsp3) is 0.267. The molecule has 0 aliphatic carbocycles. The minimum atomic E-state index is 0.628. The maximum Gasteiger partial charge on any atom is 0.219 e. The maximum atomic E-state index is 5.68. The van der Waals surface area contributed by atoms with Gasteiger partial charge in [0.15, 0.2) is 0 Å². The van der Waals surface area contributed by atoms with Gasteiger partial charge in [-0.1, -0.05) is 47.5 Å². The van der Waals surface area contributed by atoms with Crippen molar-refractivity contribution in [2.45, 2.75) is 25.1 Å². The molecule has 18 heavy (non-hydrogen) atoms. The van der Waals surface area contributed by atoms with Crippen molar-refractivity contribution < 1.29 is 4.74 Å². The minimum absolute atomic E-state index is 0.628. The smallest absolute Gasteiger partial charge is 0.219 e. The maximum absolute atomic E-state index is 5.68. The van der Waals surface area contributed by atoms with Crippen LogP contribution in [0, 0.1) is 0 Å². The largest absolute Gasteiger partial charge is 0.439 e. The highest BCUT2D eigenvalue weighted by Gasteiger charge is 1.99. The zero-order valence-electron chi connectivity index (χ0n) is 10.4. The summed E-state index contributed by atoms with van der Waals surface area (Å²) in [6.45, 7) is 2.18. The molecule has 2 aromatic rings. The predicted molar refractivity (Wildman–Crippen MR) is 77.4 cm³/mol. The summed E-state index contributed by atoms with van der Waals surface area (Å²) in [5.41, 5.74) is 2.48. The number of pyridine rings is 1. The highest BCUT2D eigenvalue weighted by Crippen LogP contribution is 2.20. The number of benzene rings is 1. The van der Waals surface area contributed by atoms with E-state index in [0.29, 0.717) is 5.88 Å². The molecular weight excluding hydrogens is 290 g/mol. The van der Waals surface area contributed by atoms with E-state index >= 15 is 0 Å². The average molecular weight is 306 g/mol. The molecule has 1 aromatic carbocycles. The van der Waals surface area contributed by atoms with Crippen LogP contribution in [-0.2, 0) is 11.8 Å². The predicted octanol–water partition coefficient (Wildman–Crippen LogP) is 4.72. The molecule has 0 aliphatic heterocycles. The Morgan fingerprint density at radius 3 is 2.33 bits per heavy atom. The molecule has 0 bridgehead atoms. The van der Waals surface area contributed by atoms with Crippen LogP contribution in [0.4, 0.5) is 0 Å². The Balaban J connectivity index is 2.03. The second-order valence-corrected chi connectivity index (χ2v) is 4.70. The van der Waals surface area contributed by atoms with Crippen molar-refractivity contribution in [3.8, 4) is 11.6 Å². The van der Waals surface area contributed by atoms with Gasteiger partial charge in [-0.2, -0.15) is 0 Å². The van der Waals surface area contributed by atoms with Gasteiger partial charge in [0.05, 0.1) is 0 Å². The summed E-state index contributed by atoms with van der Waals surface area (Å²) in [4.78, 5) is 4.25. The SMILES string of the molecule is CCCc1ccc(Oc2ccc(CBr)cn2)cc1. The van der Waals surface area contributed by atoms with Gasteiger partial charge in [-0.15, -0.1) is 0 Å². The molecule has 94 valence electrons. The Morgan fingerprint density at radius 1 is 1.06 bits per heavy atom. The van der Waals surface area contributed by atoms with Crippen molar-refractivity contribution in [3.05, 3.63) is 53.7 Å². The van der Waals surface area contributed by atoms with Crippen LogP contribution in [0.5, 0.6) is 11.6 Å². The van der Waals surface area contributed by atoms with E-state index in [1.54, 1.807) is 0 Å². The summed E-state index contributed by atoms with van der Waals surface area (Å²) < 4.78 is 5.68. The van der Waals surface area contributed by atoms with Crippen LogP contribution in [-0.4, -0.2) is 4.98 Å². The van der Waals surface area contributed by atoms with Gasteiger partial charge >= 0.3 is 0 Å². The van der Waals surface area contributed by atoms with E-state index in [4.69, 9.17) is 4.74 Å². The Hall–Kier alpha value is -1.35. The van der Waals surface area contributed by atoms with E-state index in [-0.39, 0.29) is 0 Å². The molecule has 0 saturated heterocycles. The first kappa shape index (κ1) is 13.1. The van der Waals surface area contributed by atoms with Crippen LogP contribution in [0.15, 0.2) is 42.6 Å². The molecule has 0 aliphatic rings. The lowest BCUT2D eigenvalue weighted by Gasteiger charge is -2.06. The number of nitrogens with zero attached hydrogens (tertiary/aromatic N) is 1. The minimum Gasteiger partial charge on any atom is -0.439 e. The molecule has 0 N–H and O–H groups in total. The van der Waals surface area contributed by atoms with Crippen LogP contribution in [0.3, 0.4) is 0 Å². The van der Waals surface area contributed by atoms with Gasteiger partial charge in [-0.3, -0.25) is 0 Å². The van der Waals surface area contributed by atoms with Crippen molar-refractivity contribution in [3.63, 3.8) is 0 Å². The van der Waals surface area contributed by atoms with Gasteiger partial charge < -0.3 is 4.74 Å². The summed E-state index contributed by atoms with van der Waals surface area (Å²) in [7, 11) is 0. The lowest BCUT2D eigenvalue weighted by Crippen LogP contribution is -1.89. The average Bonchev–Trinajstić information content (AvgIpc) is 2.42. The summed E-state index contributed by atoms with van der Waals surface area (Å²) >= 11 is 3.39. The first-order valence-electron chi connectivity index (χ1n) is 6.09. The molecule has 2 nitrogen and oxygen atoms in total. The fourth-order valence-corrected chi connectivity index (χ4v) is 2.02. The quantitative estimate of drug-likeness (QED) is 0.746. The second-order valence-electron chi connectivity index (χ2n) is 4.13. The summed E-state index contributed by atoms with van der Waals surface area (Å²) in [5, 5.41) is 0.812. The zero-order chi connectivity index (χ0) is 12.8. The van der Waals surface area contributed by atoms with Gasteiger partial charge in [0.2, 0.25) is 5.88 Å². The summed E-state index contributed by atoms with van der Waals surface area (Å²) in [6.07, 6.45) is 4.09. The van der Waals surface area contributed by atoms with Crippen molar-refractivity contribution in [1.29, 1.82) is 0 Å².